The normalized spacial score (nSPS) is 20.8. The van der Waals surface area contributed by atoms with Crippen LogP contribution in [0.5, 0.6) is 0 Å². The van der Waals surface area contributed by atoms with Crippen molar-refractivity contribution in [2.45, 2.75) is 31.4 Å². The molecule has 2 N–H and O–H groups in total. The second-order valence-corrected chi connectivity index (χ2v) is 6.61. The van der Waals surface area contributed by atoms with Crippen molar-refractivity contribution in [2.75, 3.05) is 0 Å². The Bertz CT molecular complexity index is 838. The SMILES string of the molecule is O=C(NC(Cc1ccccc1)C1CC(O)C1)c1cc2ncccn2n1. The highest BCUT2D eigenvalue weighted by Gasteiger charge is 2.35. The van der Waals surface area contributed by atoms with Crippen molar-refractivity contribution in [1.82, 2.24) is 19.9 Å². The van der Waals surface area contributed by atoms with Gasteiger partial charge in [0, 0.05) is 24.5 Å². The molecule has 1 aliphatic rings. The average Bonchev–Trinajstić information content (AvgIpc) is 3.04. The third kappa shape index (κ3) is 3.39. The summed E-state index contributed by atoms with van der Waals surface area (Å²) in [5.74, 6) is 0.0853. The van der Waals surface area contributed by atoms with Crippen LogP contribution in [0.25, 0.3) is 5.65 Å². The molecular formula is C19H20N4O2. The number of hydrogen-bond donors (Lipinski definition) is 2. The zero-order valence-electron chi connectivity index (χ0n) is 13.7. The van der Waals surface area contributed by atoms with Crippen LogP contribution >= 0.6 is 0 Å². The van der Waals surface area contributed by atoms with Crippen molar-refractivity contribution in [2.24, 2.45) is 5.92 Å². The molecule has 2 heterocycles. The van der Waals surface area contributed by atoms with Crippen LogP contribution in [0.1, 0.15) is 28.9 Å². The third-order valence-electron chi connectivity index (χ3n) is 4.80. The Labute approximate surface area is 145 Å². The van der Waals surface area contributed by atoms with Crippen molar-refractivity contribution in [3.8, 4) is 0 Å². The Hall–Kier alpha value is -2.73. The Balaban J connectivity index is 1.51. The number of benzene rings is 1. The molecule has 0 bridgehead atoms. The second-order valence-electron chi connectivity index (χ2n) is 6.61. The molecule has 2 aromatic heterocycles. The van der Waals surface area contributed by atoms with Crippen molar-refractivity contribution in [1.29, 1.82) is 0 Å². The lowest BCUT2D eigenvalue weighted by atomic mass is 9.75. The van der Waals surface area contributed by atoms with Crippen LogP contribution in [0.4, 0.5) is 0 Å². The first kappa shape index (κ1) is 15.8. The first-order chi connectivity index (χ1) is 12.2. The lowest BCUT2D eigenvalue weighted by molar-refractivity contribution is 0.0239. The van der Waals surface area contributed by atoms with E-state index < -0.39 is 0 Å². The lowest BCUT2D eigenvalue weighted by Crippen LogP contribution is -2.48. The highest BCUT2D eigenvalue weighted by molar-refractivity contribution is 5.93. The first-order valence-corrected chi connectivity index (χ1v) is 8.52. The summed E-state index contributed by atoms with van der Waals surface area (Å²) in [5.41, 5.74) is 2.17. The number of nitrogens with one attached hydrogen (secondary N) is 1. The van der Waals surface area contributed by atoms with Crippen LogP contribution < -0.4 is 5.32 Å². The Morgan fingerprint density at radius 2 is 2.08 bits per heavy atom. The average molecular weight is 336 g/mol. The van der Waals surface area contributed by atoms with Crippen LogP contribution in [0.15, 0.2) is 54.9 Å². The van der Waals surface area contributed by atoms with Crippen LogP contribution in [0.2, 0.25) is 0 Å². The number of aliphatic hydroxyl groups excluding tert-OH is 1. The molecule has 4 rings (SSSR count). The van der Waals surface area contributed by atoms with Gasteiger partial charge in [-0.25, -0.2) is 9.50 Å². The van der Waals surface area contributed by atoms with E-state index in [9.17, 15) is 9.90 Å². The molecule has 25 heavy (non-hydrogen) atoms. The largest absolute Gasteiger partial charge is 0.393 e. The highest BCUT2D eigenvalue weighted by atomic mass is 16.3. The van der Waals surface area contributed by atoms with E-state index in [1.807, 2.05) is 18.2 Å². The maximum Gasteiger partial charge on any atom is 0.272 e. The lowest BCUT2D eigenvalue weighted by Gasteiger charge is -2.38. The maximum atomic E-state index is 12.7. The molecule has 1 saturated carbocycles. The number of aromatic nitrogens is 3. The summed E-state index contributed by atoms with van der Waals surface area (Å²) in [4.78, 5) is 16.9. The van der Waals surface area contributed by atoms with Gasteiger partial charge in [0.1, 0.15) is 0 Å². The van der Waals surface area contributed by atoms with Crippen LogP contribution in [-0.4, -0.2) is 37.8 Å². The molecule has 128 valence electrons. The zero-order chi connectivity index (χ0) is 17.2. The monoisotopic (exact) mass is 336 g/mol. The van der Waals surface area contributed by atoms with E-state index in [0.29, 0.717) is 11.3 Å². The van der Waals surface area contributed by atoms with Crippen LogP contribution in [0.3, 0.4) is 0 Å². The fourth-order valence-corrected chi connectivity index (χ4v) is 3.35. The van der Waals surface area contributed by atoms with Crippen molar-refractivity contribution in [3.63, 3.8) is 0 Å². The Morgan fingerprint density at radius 3 is 2.80 bits per heavy atom. The molecule has 6 nitrogen and oxygen atoms in total. The molecule has 6 heteroatoms. The molecule has 0 radical (unpaired) electrons. The Morgan fingerprint density at radius 1 is 1.28 bits per heavy atom. The summed E-state index contributed by atoms with van der Waals surface area (Å²) >= 11 is 0. The van der Waals surface area contributed by atoms with Gasteiger partial charge in [0.05, 0.1) is 6.10 Å². The van der Waals surface area contributed by atoms with E-state index in [-0.39, 0.29) is 24.0 Å². The van der Waals surface area contributed by atoms with Gasteiger partial charge in [0.15, 0.2) is 11.3 Å². The van der Waals surface area contributed by atoms with Crippen molar-refractivity contribution in [3.05, 3.63) is 66.1 Å². The number of carbonyl (C=O) groups excluding carboxylic acids is 1. The molecule has 1 aliphatic carbocycles. The first-order valence-electron chi connectivity index (χ1n) is 8.52. The maximum absolute atomic E-state index is 12.7. The molecule has 1 unspecified atom stereocenters. The van der Waals surface area contributed by atoms with Gasteiger partial charge in [-0.3, -0.25) is 4.79 Å². The Kier molecular flexibility index (Phi) is 4.19. The number of aliphatic hydroxyl groups is 1. The number of fused-ring (bicyclic) bond motifs is 1. The van der Waals surface area contributed by atoms with E-state index in [4.69, 9.17) is 0 Å². The molecule has 0 saturated heterocycles. The standard InChI is InChI=1S/C19H20N4O2/c24-15-10-14(11-15)16(9-13-5-2-1-3-6-13)21-19(25)17-12-18-20-7-4-8-23(18)22-17/h1-8,12,14-16,24H,9-11H2,(H,21,25). The van der Waals surface area contributed by atoms with Gasteiger partial charge in [0.2, 0.25) is 0 Å². The smallest absolute Gasteiger partial charge is 0.272 e. The summed E-state index contributed by atoms with van der Waals surface area (Å²) < 4.78 is 1.59. The van der Waals surface area contributed by atoms with Crippen molar-refractivity contribution < 1.29 is 9.90 Å². The summed E-state index contributed by atoms with van der Waals surface area (Å²) in [6.07, 6.45) is 5.39. The zero-order valence-corrected chi connectivity index (χ0v) is 13.7. The van der Waals surface area contributed by atoms with E-state index >= 15 is 0 Å². The predicted molar refractivity (Wildman–Crippen MR) is 93.1 cm³/mol. The molecule has 1 atom stereocenters. The number of rotatable bonds is 5. The van der Waals surface area contributed by atoms with Gasteiger partial charge < -0.3 is 10.4 Å². The van der Waals surface area contributed by atoms with Gasteiger partial charge in [-0.15, -0.1) is 0 Å². The quantitative estimate of drug-likeness (QED) is 0.745. The van der Waals surface area contributed by atoms with E-state index in [0.717, 1.165) is 19.3 Å². The minimum absolute atomic E-state index is 0.0175. The summed E-state index contributed by atoms with van der Waals surface area (Å²) in [6.45, 7) is 0. The number of hydrogen-bond acceptors (Lipinski definition) is 4. The molecule has 0 spiro atoms. The van der Waals surface area contributed by atoms with Gasteiger partial charge in [-0.1, -0.05) is 30.3 Å². The van der Waals surface area contributed by atoms with Crippen LogP contribution in [-0.2, 0) is 6.42 Å². The molecule has 1 amide bonds. The van der Waals surface area contributed by atoms with E-state index in [2.05, 4.69) is 27.5 Å². The van der Waals surface area contributed by atoms with Gasteiger partial charge in [-0.2, -0.15) is 5.10 Å². The molecule has 1 aromatic carbocycles. The number of amides is 1. The second kappa shape index (κ2) is 6.64. The van der Waals surface area contributed by atoms with Gasteiger partial charge in [0.25, 0.3) is 5.91 Å². The highest BCUT2D eigenvalue weighted by Crippen LogP contribution is 2.31. The topological polar surface area (TPSA) is 79.5 Å². The fourth-order valence-electron chi connectivity index (χ4n) is 3.35. The summed E-state index contributed by atoms with van der Waals surface area (Å²) in [7, 11) is 0. The predicted octanol–water partition coefficient (Wildman–Crippen LogP) is 1.84. The van der Waals surface area contributed by atoms with Crippen LogP contribution in [0, 0.1) is 5.92 Å². The summed E-state index contributed by atoms with van der Waals surface area (Å²) in [6, 6.07) is 13.5. The molecular weight excluding hydrogens is 316 g/mol. The van der Waals surface area contributed by atoms with E-state index in [1.54, 1.807) is 29.0 Å². The summed E-state index contributed by atoms with van der Waals surface area (Å²) in [5, 5.41) is 17.0. The number of carbonyl (C=O) groups is 1. The minimum atomic E-state index is -0.250. The van der Waals surface area contributed by atoms with E-state index in [1.165, 1.54) is 5.56 Å². The van der Waals surface area contributed by atoms with Gasteiger partial charge in [-0.05, 0) is 36.8 Å². The minimum Gasteiger partial charge on any atom is -0.393 e. The third-order valence-corrected chi connectivity index (χ3v) is 4.80. The van der Waals surface area contributed by atoms with Gasteiger partial charge >= 0.3 is 0 Å². The number of nitrogens with zero attached hydrogens (tertiary/aromatic N) is 3. The van der Waals surface area contributed by atoms with Crippen molar-refractivity contribution >= 4 is 11.6 Å². The molecule has 3 aromatic rings. The molecule has 0 aliphatic heterocycles. The fraction of sp³-hybridized carbons (Fsp3) is 0.316. The molecule has 1 fully saturated rings.